The van der Waals surface area contributed by atoms with Crippen molar-refractivity contribution in [3.05, 3.63) is 30.1 Å². The SMILES string of the molecule is Cn1c([C@@](C)(O)CCO)nc2ccccc21. The fourth-order valence-corrected chi connectivity index (χ4v) is 1.96. The first-order valence-corrected chi connectivity index (χ1v) is 5.31. The number of fused-ring (bicyclic) bond motifs is 1. The highest BCUT2D eigenvalue weighted by Crippen LogP contribution is 2.26. The minimum atomic E-state index is -1.09. The number of aromatic nitrogens is 2. The fourth-order valence-electron chi connectivity index (χ4n) is 1.96. The van der Waals surface area contributed by atoms with Gasteiger partial charge in [-0.1, -0.05) is 12.1 Å². The van der Waals surface area contributed by atoms with E-state index >= 15 is 0 Å². The lowest BCUT2D eigenvalue weighted by Crippen LogP contribution is -2.26. The quantitative estimate of drug-likeness (QED) is 0.816. The number of hydrogen-bond donors (Lipinski definition) is 2. The maximum absolute atomic E-state index is 10.2. The average molecular weight is 220 g/mol. The highest BCUT2D eigenvalue weighted by molar-refractivity contribution is 5.75. The Morgan fingerprint density at radius 2 is 2.06 bits per heavy atom. The Labute approximate surface area is 94.2 Å². The van der Waals surface area contributed by atoms with Gasteiger partial charge in [-0.2, -0.15) is 0 Å². The maximum atomic E-state index is 10.2. The number of nitrogens with zero attached hydrogens (tertiary/aromatic N) is 2. The molecule has 0 aliphatic carbocycles. The van der Waals surface area contributed by atoms with Crippen LogP contribution in [0, 0.1) is 0 Å². The Hall–Kier alpha value is -1.39. The van der Waals surface area contributed by atoms with E-state index in [-0.39, 0.29) is 13.0 Å². The molecule has 86 valence electrons. The first kappa shape index (κ1) is 11.1. The summed E-state index contributed by atoms with van der Waals surface area (Å²) in [6, 6.07) is 7.73. The molecule has 1 aromatic carbocycles. The van der Waals surface area contributed by atoms with Gasteiger partial charge in [0.25, 0.3) is 0 Å². The minimum absolute atomic E-state index is 0.0593. The second kappa shape index (κ2) is 3.88. The Bertz CT molecular complexity index is 503. The minimum Gasteiger partial charge on any atom is -0.396 e. The van der Waals surface area contributed by atoms with Crippen LogP contribution in [0.4, 0.5) is 0 Å². The summed E-state index contributed by atoms with van der Waals surface area (Å²) in [5, 5.41) is 19.2. The molecule has 0 saturated heterocycles. The van der Waals surface area contributed by atoms with Gasteiger partial charge >= 0.3 is 0 Å². The average Bonchev–Trinajstić information content (AvgIpc) is 2.58. The molecule has 2 aromatic rings. The lowest BCUT2D eigenvalue weighted by Gasteiger charge is -2.21. The Morgan fingerprint density at radius 1 is 1.38 bits per heavy atom. The van der Waals surface area contributed by atoms with E-state index < -0.39 is 5.60 Å². The molecule has 1 heterocycles. The summed E-state index contributed by atoms with van der Waals surface area (Å²) >= 11 is 0. The van der Waals surface area contributed by atoms with Gasteiger partial charge in [-0.3, -0.25) is 0 Å². The number of aliphatic hydroxyl groups is 2. The predicted octanol–water partition coefficient (Wildman–Crippen LogP) is 1.16. The third-order valence-corrected chi connectivity index (χ3v) is 2.87. The zero-order valence-corrected chi connectivity index (χ0v) is 9.51. The molecule has 0 radical (unpaired) electrons. The van der Waals surface area contributed by atoms with Gasteiger partial charge in [-0.25, -0.2) is 4.98 Å². The molecule has 0 saturated carbocycles. The molecule has 0 amide bonds. The van der Waals surface area contributed by atoms with Gasteiger partial charge in [-0.15, -0.1) is 0 Å². The second-order valence-corrected chi connectivity index (χ2v) is 4.23. The molecule has 4 heteroatoms. The van der Waals surface area contributed by atoms with Crippen molar-refractivity contribution in [1.29, 1.82) is 0 Å². The summed E-state index contributed by atoms with van der Waals surface area (Å²) in [6.45, 7) is 1.61. The van der Waals surface area contributed by atoms with E-state index in [4.69, 9.17) is 5.11 Å². The lowest BCUT2D eigenvalue weighted by atomic mass is 10.0. The third kappa shape index (κ3) is 1.70. The summed E-state index contributed by atoms with van der Waals surface area (Å²) in [4.78, 5) is 4.40. The van der Waals surface area contributed by atoms with Crippen molar-refractivity contribution < 1.29 is 10.2 Å². The predicted molar refractivity (Wildman–Crippen MR) is 62.0 cm³/mol. The van der Waals surface area contributed by atoms with Crippen LogP contribution in [0.5, 0.6) is 0 Å². The molecule has 2 N–H and O–H groups in total. The molecular formula is C12H16N2O2. The largest absolute Gasteiger partial charge is 0.396 e. The van der Waals surface area contributed by atoms with Crippen molar-refractivity contribution in [2.75, 3.05) is 6.61 Å². The Balaban J connectivity index is 2.57. The van der Waals surface area contributed by atoms with Crippen LogP contribution in [0.15, 0.2) is 24.3 Å². The van der Waals surface area contributed by atoms with E-state index in [0.29, 0.717) is 5.82 Å². The smallest absolute Gasteiger partial charge is 0.141 e. The van der Waals surface area contributed by atoms with Crippen LogP contribution < -0.4 is 0 Å². The topological polar surface area (TPSA) is 58.3 Å². The van der Waals surface area contributed by atoms with E-state index in [1.165, 1.54) is 0 Å². The van der Waals surface area contributed by atoms with Crippen LogP contribution in [0.3, 0.4) is 0 Å². The molecule has 0 bridgehead atoms. The lowest BCUT2D eigenvalue weighted by molar-refractivity contribution is 0.0196. The van der Waals surface area contributed by atoms with E-state index in [1.807, 2.05) is 35.9 Å². The van der Waals surface area contributed by atoms with Crippen molar-refractivity contribution >= 4 is 11.0 Å². The molecule has 0 unspecified atom stereocenters. The van der Waals surface area contributed by atoms with Crippen molar-refractivity contribution in [1.82, 2.24) is 9.55 Å². The standard InChI is InChI=1S/C12H16N2O2/c1-12(16,7-8-15)11-13-9-5-3-4-6-10(9)14(11)2/h3-6,15-16H,7-8H2,1-2H3/t12-/m0/s1. The van der Waals surface area contributed by atoms with Crippen molar-refractivity contribution in [3.63, 3.8) is 0 Å². The Kier molecular flexibility index (Phi) is 2.69. The summed E-state index contributed by atoms with van der Waals surface area (Å²) in [6.07, 6.45) is 0.282. The number of aryl methyl sites for hydroxylation is 1. The van der Waals surface area contributed by atoms with Crippen molar-refractivity contribution in [2.45, 2.75) is 18.9 Å². The summed E-state index contributed by atoms with van der Waals surface area (Å²) in [5.74, 6) is 0.586. The Morgan fingerprint density at radius 3 is 2.69 bits per heavy atom. The molecular weight excluding hydrogens is 204 g/mol. The van der Waals surface area contributed by atoms with Crippen molar-refractivity contribution in [3.8, 4) is 0 Å². The highest BCUT2D eigenvalue weighted by atomic mass is 16.3. The molecule has 1 aromatic heterocycles. The summed E-state index contributed by atoms with van der Waals surface area (Å²) in [7, 11) is 1.87. The number of hydrogen-bond acceptors (Lipinski definition) is 3. The van der Waals surface area contributed by atoms with E-state index in [1.54, 1.807) is 6.92 Å². The molecule has 0 aliphatic rings. The van der Waals surface area contributed by atoms with Crippen LogP contribution >= 0.6 is 0 Å². The van der Waals surface area contributed by atoms with Gasteiger partial charge in [0.2, 0.25) is 0 Å². The van der Waals surface area contributed by atoms with Crippen LogP contribution in [0.2, 0.25) is 0 Å². The molecule has 0 spiro atoms. The molecule has 4 nitrogen and oxygen atoms in total. The molecule has 16 heavy (non-hydrogen) atoms. The van der Waals surface area contributed by atoms with Gasteiger partial charge in [0, 0.05) is 20.1 Å². The van der Waals surface area contributed by atoms with Crippen LogP contribution in [0.1, 0.15) is 19.2 Å². The van der Waals surface area contributed by atoms with Crippen LogP contribution in [-0.2, 0) is 12.6 Å². The highest BCUT2D eigenvalue weighted by Gasteiger charge is 2.28. The van der Waals surface area contributed by atoms with Gasteiger partial charge in [0.15, 0.2) is 0 Å². The van der Waals surface area contributed by atoms with Crippen LogP contribution in [0.25, 0.3) is 11.0 Å². The van der Waals surface area contributed by atoms with Gasteiger partial charge in [0.1, 0.15) is 11.4 Å². The maximum Gasteiger partial charge on any atom is 0.141 e. The van der Waals surface area contributed by atoms with Gasteiger partial charge in [0.05, 0.1) is 11.0 Å². The first-order chi connectivity index (χ1) is 7.56. The van der Waals surface area contributed by atoms with Gasteiger partial charge in [-0.05, 0) is 19.1 Å². The number of imidazole rings is 1. The molecule has 0 fully saturated rings. The molecule has 1 atom stereocenters. The second-order valence-electron chi connectivity index (χ2n) is 4.23. The summed E-state index contributed by atoms with van der Waals surface area (Å²) in [5.41, 5.74) is 0.747. The molecule has 2 rings (SSSR count). The fraction of sp³-hybridized carbons (Fsp3) is 0.417. The molecule has 0 aliphatic heterocycles. The monoisotopic (exact) mass is 220 g/mol. The van der Waals surface area contributed by atoms with Crippen molar-refractivity contribution in [2.24, 2.45) is 7.05 Å². The zero-order chi connectivity index (χ0) is 11.8. The zero-order valence-electron chi connectivity index (χ0n) is 9.51. The number of rotatable bonds is 3. The normalized spacial score (nSPS) is 15.2. The van der Waals surface area contributed by atoms with E-state index in [2.05, 4.69) is 4.98 Å². The van der Waals surface area contributed by atoms with Gasteiger partial charge < -0.3 is 14.8 Å². The summed E-state index contributed by atoms with van der Waals surface area (Å²) < 4.78 is 1.87. The third-order valence-electron chi connectivity index (χ3n) is 2.87. The van der Waals surface area contributed by atoms with E-state index in [9.17, 15) is 5.11 Å². The number of benzene rings is 1. The van der Waals surface area contributed by atoms with E-state index in [0.717, 1.165) is 11.0 Å². The van der Waals surface area contributed by atoms with Crippen LogP contribution in [-0.4, -0.2) is 26.4 Å². The number of aliphatic hydroxyl groups excluding tert-OH is 1. The number of para-hydroxylation sites is 2. The first-order valence-electron chi connectivity index (χ1n) is 5.31.